The quantitative estimate of drug-likeness (QED) is 0.931. The van der Waals surface area contributed by atoms with Crippen molar-refractivity contribution in [2.24, 2.45) is 0 Å². The Morgan fingerprint density at radius 2 is 2.00 bits per heavy atom. The zero-order chi connectivity index (χ0) is 14.8. The van der Waals surface area contributed by atoms with E-state index < -0.39 is 32.3 Å². The number of hydrogen-bond acceptors (Lipinski definition) is 4. The number of halogens is 1. The highest BCUT2D eigenvalue weighted by molar-refractivity contribution is 7.90. The Bertz CT molecular complexity index is 744. The number of aromatic carboxylic acids is 1. The molecule has 0 atom stereocenters. The van der Waals surface area contributed by atoms with Gasteiger partial charge in [-0.15, -0.1) is 0 Å². The fraction of sp³-hybridized carbons (Fsp3) is 0.0769. The zero-order valence-corrected chi connectivity index (χ0v) is 11.0. The van der Waals surface area contributed by atoms with Crippen LogP contribution in [0.5, 0.6) is 0 Å². The first-order valence-corrected chi connectivity index (χ1v) is 7.21. The van der Waals surface area contributed by atoms with Gasteiger partial charge in [-0.05, 0) is 30.3 Å². The van der Waals surface area contributed by atoms with Gasteiger partial charge in [-0.2, -0.15) is 0 Å². The van der Waals surface area contributed by atoms with Crippen molar-refractivity contribution in [1.29, 1.82) is 0 Å². The van der Waals surface area contributed by atoms with E-state index in [1.165, 1.54) is 12.3 Å². The second-order valence-corrected chi connectivity index (χ2v) is 5.99. The number of carboxylic acid groups (broad SMARTS) is 1. The van der Waals surface area contributed by atoms with E-state index >= 15 is 0 Å². The average Bonchev–Trinajstić information content (AvgIpc) is 2.39. The number of sulfone groups is 1. The van der Waals surface area contributed by atoms with Crippen molar-refractivity contribution in [1.82, 2.24) is 4.98 Å². The number of carbonyl (C=O) groups is 1. The lowest BCUT2D eigenvalue weighted by Gasteiger charge is -2.06. The Labute approximate surface area is 114 Å². The number of carboxylic acids is 1. The van der Waals surface area contributed by atoms with Crippen LogP contribution in [0, 0.1) is 5.82 Å². The van der Waals surface area contributed by atoms with Crippen LogP contribution in [0.3, 0.4) is 0 Å². The minimum Gasteiger partial charge on any atom is -0.478 e. The molecule has 0 bridgehead atoms. The number of pyridine rings is 1. The SMILES string of the molecule is O=C(O)c1ccc(F)c(S(=O)(=O)Cc2ccccn2)c1. The molecular weight excluding hydrogens is 285 g/mol. The Kier molecular flexibility index (Phi) is 3.80. The topological polar surface area (TPSA) is 84.3 Å². The first-order valence-electron chi connectivity index (χ1n) is 5.55. The van der Waals surface area contributed by atoms with E-state index in [2.05, 4.69) is 4.98 Å². The van der Waals surface area contributed by atoms with Gasteiger partial charge >= 0.3 is 5.97 Å². The lowest BCUT2D eigenvalue weighted by molar-refractivity contribution is 0.0696. The molecule has 7 heteroatoms. The van der Waals surface area contributed by atoms with Crippen LogP contribution in [0.25, 0.3) is 0 Å². The van der Waals surface area contributed by atoms with Crippen LogP contribution in [-0.2, 0) is 15.6 Å². The summed E-state index contributed by atoms with van der Waals surface area (Å²) in [5.74, 6) is -2.79. The molecule has 2 rings (SSSR count). The average molecular weight is 295 g/mol. The maximum Gasteiger partial charge on any atom is 0.335 e. The van der Waals surface area contributed by atoms with Crippen molar-refractivity contribution in [3.63, 3.8) is 0 Å². The molecule has 0 spiro atoms. The minimum atomic E-state index is -4.00. The second-order valence-electron chi connectivity index (χ2n) is 4.03. The largest absolute Gasteiger partial charge is 0.478 e. The molecule has 1 heterocycles. The zero-order valence-electron chi connectivity index (χ0n) is 10.2. The summed E-state index contributed by atoms with van der Waals surface area (Å²) in [5.41, 5.74) is -0.0291. The number of nitrogens with zero attached hydrogens (tertiary/aromatic N) is 1. The molecule has 0 aliphatic carbocycles. The van der Waals surface area contributed by atoms with Gasteiger partial charge in [-0.3, -0.25) is 4.98 Å². The summed E-state index contributed by atoms with van der Waals surface area (Å²) in [7, 11) is -4.00. The van der Waals surface area contributed by atoms with Crippen LogP contribution >= 0.6 is 0 Å². The van der Waals surface area contributed by atoms with Crippen LogP contribution in [0.4, 0.5) is 4.39 Å². The van der Waals surface area contributed by atoms with Crippen LogP contribution in [-0.4, -0.2) is 24.5 Å². The number of rotatable bonds is 4. The molecule has 0 amide bonds. The van der Waals surface area contributed by atoms with E-state index in [4.69, 9.17) is 5.11 Å². The van der Waals surface area contributed by atoms with Crippen molar-refractivity contribution in [2.45, 2.75) is 10.6 Å². The molecule has 20 heavy (non-hydrogen) atoms. The summed E-state index contributed by atoms with van der Waals surface area (Å²) in [6.07, 6.45) is 1.43. The summed E-state index contributed by atoms with van der Waals surface area (Å²) >= 11 is 0. The maximum atomic E-state index is 13.6. The van der Waals surface area contributed by atoms with Gasteiger partial charge in [0, 0.05) is 6.20 Å². The Balaban J connectivity index is 2.44. The summed E-state index contributed by atoms with van der Waals surface area (Å²) < 4.78 is 37.9. The fourth-order valence-electron chi connectivity index (χ4n) is 1.63. The van der Waals surface area contributed by atoms with Crippen molar-refractivity contribution in [3.05, 3.63) is 59.7 Å². The number of aromatic nitrogens is 1. The van der Waals surface area contributed by atoms with Gasteiger partial charge < -0.3 is 5.11 Å². The third-order valence-electron chi connectivity index (χ3n) is 2.58. The fourth-order valence-corrected chi connectivity index (χ4v) is 3.02. The summed E-state index contributed by atoms with van der Waals surface area (Å²) in [5, 5.41) is 8.83. The lowest BCUT2D eigenvalue weighted by Crippen LogP contribution is -2.10. The second kappa shape index (κ2) is 5.38. The predicted molar refractivity (Wildman–Crippen MR) is 68.5 cm³/mol. The molecule has 1 N–H and O–H groups in total. The molecule has 104 valence electrons. The molecule has 2 aromatic rings. The molecule has 5 nitrogen and oxygen atoms in total. The van der Waals surface area contributed by atoms with Gasteiger partial charge in [0.05, 0.1) is 17.0 Å². The van der Waals surface area contributed by atoms with Gasteiger partial charge in [0.25, 0.3) is 0 Å². The van der Waals surface area contributed by atoms with Gasteiger partial charge in [0.2, 0.25) is 0 Å². The summed E-state index contributed by atoms with van der Waals surface area (Å²) in [4.78, 5) is 14.0. The van der Waals surface area contributed by atoms with E-state index in [1.807, 2.05) is 0 Å². The van der Waals surface area contributed by atoms with E-state index in [0.29, 0.717) is 0 Å². The highest BCUT2D eigenvalue weighted by Gasteiger charge is 2.22. The number of benzene rings is 1. The van der Waals surface area contributed by atoms with E-state index in [-0.39, 0.29) is 11.3 Å². The first kappa shape index (κ1) is 14.1. The molecular formula is C13H10FNO4S. The molecule has 0 fully saturated rings. The van der Waals surface area contributed by atoms with Crippen LogP contribution in [0.2, 0.25) is 0 Å². The van der Waals surface area contributed by atoms with Gasteiger partial charge in [-0.25, -0.2) is 17.6 Å². The van der Waals surface area contributed by atoms with Crippen LogP contribution in [0.15, 0.2) is 47.5 Å². The van der Waals surface area contributed by atoms with Gasteiger partial charge in [0.1, 0.15) is 10.7 Å². The molecule has 0 radical (unpaired) electrons. The Morgan fingerprint density at radius 3 is 2.60 bits per heavy atom. The monoisotopic (exact) mass is 295 g/mol. The Hall–Kier alpha value is -2.28. The van der Waals surface area contributed by atoms with Crippen molar-refractivity contribution in [3.8, 4) is 0 Å². The Morgan fingerprint density at radius 1 is 1.25 bits per heavy atom. The smallest absolute Gasteiger partial charge is 0.335 e. The third-order valence-corrected chi connectivity index (χ3v) is 4.24. The van der Waals surface area contributed by atoms with E-state index in [1.54, 1.807) is 12.1 Å². The van der Waals surface area contributed by atoms with E-state index in [0.717, 1.165) is 18.2 Å². The van der Waals surface area contributed by atoms with Crippen LogP contribution < -0.4 is 0 Å². The molecule has 0 saturated carbocycles. The highest BCUT2D eigenvalue weighted by Crippen LogP contribution is 2.20. The predicted octanol–water partition coefficient (Wildman–Crippen LogP) is 1.89. The normalized spacial score (nSPS) is 11.2. The first-order chi connectivity index (χ1) is 9.40. The molecule has 0 unspecified atom stereocenters. The maximum absolute atomic E-state index is 13.6. The molecule has 1 aromatic carbocycles. The van der Waals surface area contributed by atoms with Gasteiger partial charge in [0.15, 0.2) is 9.84 Å². The lowest BCUT2D eigenvalue weighted by atomic mass is 10.2. The van der Waals surface area contributed by atoms with Gasteiger partial charge in [-0.1, -0.05) is 6.07 Å². The van der Waals surface area contributed by atoms with Crippen molar-refractivity contribution >= 4 is 15.8 Å². The number of hydrogen-bond donors (Lipinski definition) is 1. The standard InChI is InChI=1S/C13H10FNO4S/c14-11-5-4-9(13(16)17)7-12(11)20(18,19)8-10-3-1-2-6-15-10/h1-7H,8H2,(H,16,17). The summed E-state index contributed by atoms with van der Waals surface area (Å²) in [6.45, 7) is 0. The molecule has 0 saturated heterocycles. The molecule has 0 aliphatic heterocycles. The minimum absolute atomic E-state index is 0.257. The third kappa shape index (κ3) is 3.00. The highest BCUT2D eigenvalue weighted by atomic mass is 32.2. The van der Waals surface area contributed by atoms with Crippen molar-refractivity contribution in [2.75, 3.05) is 0 Å². The van der Waals surface area contributed by atoms with Crippen molar-refractivity contribution < 1.29 is 22.7 Å². The summed E-state index contributed by atoms with van der Waals surface area (Å²) in [6, 6.07) is 7.39. The molecule has 1 aromatic heterocycles. The van der Waals surface area contributed by atoms with E-state index in [9.17, 15) is 17.6 Å². The van der Waals surface area contributed by atoms with Crippen LogP contribution in [0.1, 0.15) is 16.1 Å². The molecule has 0 aliphatic rings.